The molecule has 0 spiro atoms. The van der Waals surface area contributed by atoms with Crippen LogP contribution in [0, 0.1) is 0 Å². The predicted octanol–water partition coefficient (Wildman–Crippen LogP) is 2.50. The average Bonchev–Trinajstić information content (AvgIpc) is 2.40. The Hall–Kier alpha value is 0.270. The van der Waals surface area contributed by atoms with Crippen LogP contribution in [0.2, 0.25) is 0 Å². The van der Waals surface area contributed by atoms with E-state index in [4.69, 9.17) is 0 Å². The van der Waals surface area contributed by atoms with E-state index in [0.29, 0.717) is 0 Å². The van der Waals surface area contributed by atoms with Crippen molar-refractivity contribution < 1.29 is 0 Å². The van der Waals surface area contributed by atoms with Crippen LogP contribution in [0.15, 0.2) is 0 Å². The van der Waals surface area contributed by atoms with E-state index in [0.717, 1.165) is 11.8 Å². The summed E-state index contributed by atoms with van der Waals surface area (Å²) in [6, 6.07) is 0.734. The lowest BCUT2D eigenvalue weighted by Crippen LogP contribution is -2.38. The lowest BCUT2D eigenvalue weighted by Gasteiger charge is -2.27. The first-order valence-corrected chi connectivity index (χ1v) is 7.40. The van der Waals surface area contributed by atoms with Crippen molar-refractivity contribution in [1.82, 2.24) is 9.80 Å². The first-order valence-electron chi connectivity index (χ1n) is 6.77. The molecule has 0 aromatic rings. The number of nitrogens with zero attached hydrogens (tertiary/aromatic N) is 2. The van der Waals surface area contributed by atoms with Gasteiger partial charge in [-0.05, 0) is 58.6 Å². The number of likely N-dealkylation sites (N-methyl/N-ethyl adjacent to an activating group) is 1. The number of rotatable bonds is 6. The molecule has 0 saturated carbocycles. The molecule has 1 aliphatic heterocycles. The SMILES string of the molecule is CC1CN(C)CCCN1CCCCCCS. The normalized spacial score (nSPS) is 24.6. The fourth-order valence-corrected chi connectivity index (χ4v) is 2.76. The summed E-state index contributed by atoms with van der Waals surface area (Å²) < 4.78 is 0. The first-order chi connectivity index (χ1) is 7.74. The van der Waals surface area contributed by atoms with Crippen LogP contribution in [-0.4, -0.2) is 54.8 Å². The second kappa shape index (κ2) is 8.37. The van der Waals surface area contributed by atoms with Crippen LogP contribution in [-0.2, 0) is 0 Å². The third kappa shape index (κ3) is 5.55. The molecule has 3 heteroatoms. The molecule has 1 atom stereocenters. The van der Waals surface area contributed by atoms with Crippen molar-refractivity contribution in [1.29, 1.82) is 0 Å². The third-order valence-corrected chi connectivity index (χ3v) is 3.85. The maximum Gasteiger partial charge on any atom is 0.0194 e. The van der Waals surface area contributed by atoms with Gasteiger partial charge >= 0.3 is 0 Å². The second-order valence-electron chi connectivity index (χ2n) is 5.14. The van der Waals surface area contributed by atoms with Gasteiger partial charge < -0.3 is 4.90 Å². The van der Waals surface area contributed by atoms with E-state index in [1.165, 1.54) is 58.3 Å². The van der Waals surface area contributed by atoms with E-state index >= 15 is 0 Å². The van der Waals surface area contributed by atoms with Gasteiger partial charge in [0.05, 0.1) is 0 Å². The largest absolute Gasteiger partial charge is 0.305 e. The van der Waals surface area contributed by atoms with Gasteiger partial charge in [0.25, 0.3) is 0 Å². The lowest BCUT2D eigenvalue weighted by molar-refractivity contribution is 0.198. The van der Waals surface area contributed by atoms with E-state index in [-0.39, 0.29) is 0 Å². The highest BCUT2D eigenvalue weighted by molar-refractivity contribution is 7.80. The molecule has 16 heavy (non-hydrogen) atoms. The predicted molar refractivity (Wildman–Crippen MR) is 75.5 cm³/mol. The van der Waals surface area contributed by atoms with Gasteiger partial charge in [0.1, 0.15) is 0 Å². The molecule has 0 aliphatic carbocycles. The summed E-state index contributed by atoms with van der Waals surface area (Å²) >= 11 is 4.25. The molecule has 0 N–H and O–H groups in total. The van der Waals surface area contributed by atoms with Gasteiger partial charge in [-0.25, -0.2) is 0 Å². The van der Waals surface area contributed by atoms with E-state index in [1.54, 1.807) is 0 Å². The molecule has 0 bridgehead atoms. The second-order valence-corrected chi connectivity index (χ2v) is 5.59. The zero-order chi connectivity index (χ0) is 11.8. The van der Waals surface area contributed by atoms with E-state index in [9.17, 15) is 0 Å². The van der Waals surface area contributed by atoms with Crippen molar-refractivity contribution in [2.45, 2.75) is 45.1 Å². The summed E-state index contributed by atoms with van der Waals surface area (Å²) in [5.74, 6) is 1.05. The molecule has 96 valence electrons. The molecular weight excluding hydrogens is 216 g/mol. The molecule has 2 nitrogen and oxygen atoms in total. The Morgan fingerprint density at radius 1 is 1.12 bits per heavy atom. The Labute approximate surface area is 107 Å². The van der Waals surface area contributed by atoms with Crippen LogP contribution >= 0.6 is 12.6 Å². The Balaban J connectivity index is 2.14. The molecule has 0 aromatic heterocycles. The Kier molecular flexibility index (Phi) is 7.50. The van der Waals surface area contributed by atoms with Crippen LogP contribution in [0.1, 0.15) is 39.0 Å². The molecule has 0 amide bonds. The first kappa shape index (κ1) is 14.3. The van der Waals surface area contributed by atoms with Crippen LogP contribution in [0.5, 0.6) is 0 Å². The smallest absolute Gasteiger partial charge is 0.0194 e. The molecular formula is C13H28N2S. The summed E-state index contributed by atoms with van der Waals surface area (Å²) in [5.41, 5.74) is 0. The quantitative estimate of drug-likeness (QED) is 0.566. The summed E-state index contributed by atoms with van der Waals surface area (Å²) in [6.45, 7) is 7.45. The topological polar surface area (TPSA) is 6.48 Å². The number of unbranched alkanes of at least 4 members (excludes halogenated alkanes) is 3. The highest BCUT2D eigenvalue weighted by Crippen LogP contribution is 2.10. The summed E-state index contributed by atoms with van der Waals surface area (Å²) in [4.78, 5) is 5.13. The van der Waals surface area contributed by atoms with Crippen molar-refractivity contribution >= 4 is 12.6 Å². The highest BCUT2D eigenvalue weighted by atomic mass is 32.1. The van der Waals surface area contributed by atoms with Gasteiger partial charge in [0, 0.05) is 12.6 Å². The van der Waals surface area contributed by atoms with E-state index in [2.05, 4.69) is 36.4 Å². The Morgan fingerprint density at radius 2 is 1.88 bits per heavy atom. The summed E-state index contributed by atoms with van der Waals surface area (Å²) in [6.07, 6.45) is 6.70. The zero-order valence-corrected chi connectivity index (χ0v) is 11.9. The van der Waals surface area contributed by atoms with E-state index < -0.39 is 0 Å². The van der Waals surface area contributed by atoms with Gasteiger partial charge in [-0.15, -0.1) is 0 Å². The molecule has 0 radical (unpaired) electrons. The molecule has 1 unspecified atom stereocenters. The van der Waals surface area contributed by atoms with Crippen LogP contribution in [0.4, 0.5) is 0 Å². The highest BCUT2D eigenvalue weighted by Gasteiger charge is 2.18. The maximum absolute atomic E-state index is 4.25. The van der Waals surface area contributed by atoms with Gasteiger partial charge in [-0.1, -0.05) is 12.8 Å². The average molecular weight is 244 g/mol. The van der Waals surface area contributed by atoms with Crippen LogP contribution in [0.25, 0.3) is 0 Å². The minimum absolute atomic E-state index is 0.734. The summed E-state index contributed by atoms with van der Waals surface area (Å²) in [5, 5.41) is 0. The van der Waals surface area contributed by atoms with Gasteiger partial charge in [-0.2, -0.15) is 12.6 Å². The van der Waals surface area contributed by atoms with Crippen molar-refractivity contribution in [3.05, 3.63) is 0 Å². The fraction of sp³-hybridized carbons (Fsp3) is 1.00. The van der Waals surface area contributed by atoms with Gasteiger partial charge in [0.15, 0.2) is 0 Å². The van der Waals surface area contributed by atoms with Crippen LogP contribution < -0.4 is 0 Å². The van der Waals surface area contributed by atoms with Crippen molar-refractivity contribution in [3.63, 3.8) is 0 Å². The molecule has 0 aromatic carbocycles. The minimum Gasteiger partial charge on any atom is -0.305 e. The fourth-order valence-electron chi connectivity index (χ4n) is 2.53. The van der Waals surface area contributed by atoms with Crippen LogP contribution in [0.3, 0.4) is 0 Å². The zero-order valence-electron chi connectivity index (χ0n) is 11.0. The van der Waals surface area contributed by atoms with Crippen molar-refractivity contribution in [3.8, 4) is 0 Å². The minimum atomic E-state index is 0.734. The van der Waals surface area contributed by atoms with E-state index in [1.807, 2.05) is 0 Å². The van der Waals surface area contributed by atoms with Crippen molar-refractivity contribution in [2.75, 3.05) is 39.0 Å². The molecule has 1 heterocycles. The maximum atomic E-state index is 4.25. The molecule has 1 fully saturated rings. The Morgan fingerprint density at radius 3 is 2.62 bits per heavy atom. The van der Waals surface area contributed by atoms with Gasteiger partial charge in [-0.3, -0.25) is 4.90 Å². The van der Waals surface area contributed by atoms with Gasteiger partial charge in [0.2, 0.25) is 0 Å². The molecule has 1 aliphatic rings. The molecule has 1 saturated heterocycles. The third-order valence-electron chi connectivity index (χ3n) is 3.54. The summed E-state index contributed by atoms with van der Waals surface area (Å²) in [7, 11) is 2.24. The number of thiol groups is 1. The monoisotopic (exact) mass is 244 g/mol. The Bertz CT molecular complexity index is 175. The lowest BCUT2D eigenvalue weighted by atomic mass is 10.2. The molecule has 1 rings (SSSR count). The van der Waals surface area contributed by atoms with Crippen molar-refractivity contribution in [2.24, 2.45) is 0 Å². The number of hydrogen-bond donors (Lipinski definition) is 1. The number of hydrogen-bond acceptors (Lipinski definition) is 3. The standard InChI is InChI=1S/C13H28N2S/c1-13-12-14(2)8-7-10-15(13)9-5-3-4-6-11-16/h13,16H,3-12H2,1-2H3.